The van der Waals surface area contributed by atoms with Crippen molar-refractivity contribution in [3.63, 3.8) is 0 Å². The number of rotatable bonds is 2. The van der Waals surface area contributed by atoms with Crippen molar-refractivity contribution < 1.29 is 4.92 Å². The normalized spacial score (nSPS) is 23.5. The molecule has 0 bridgehead atoms. The van der Waals surface area contributed by atoms with Gasteiger partial charge in [-0.05, 0) is 18.5 Å². The summed E-state index contributed by atoms with van der Waals surface area (Å²) in [6, 6.07) is 0. The molecule has 2 atom stereocenters. The highest BCUT2D eigenvalue weighted by molar-refractivity contribution is 8.00. The molecule has 1 aromatic heterocycles. The lowest BCUT2D eigenvalue weighted by atomic mass is 10.2. The molecule has 1 aromatic rings. The maximum atomic E-state index is 11.2. The molecule has 1 aliphatic rings. The highest BCUT2D eigenvalue weighted by Crippen LogP contribution is 2.34. The number of aryl methyl sites for hydroxylation is 1. The summed E-state index contributed by atoms with van der Waals surface area (Å²) in [5.74, 6) is 0.335. The predicted octanol–water partition coefficient (Wildman–Crippen LogP) is 2.68. The van der Waals surface area contributed by atoms with Gasteiger partial charge < -0.3 is 4.90 Å². The second-order valence-corrected chi connectivity index (χ2v) is 6.89. The summed E-state index contributed by atoms with van der Waals surface area (Å²) in [4.78, 5) is 20.7. The van der Waals surface area contributed by atoms with Gasteiger partial charge in [0.1, 0.15) is 5.69 Å². The van der Waals surface area contributed by atoms with Gasteiger partial charge in [-0.3, -0.25) is 10.1 Å². The zero-order chi connectivity index (χ0) is 14.2. The highest BCUT2D eigenvalue weighted by atomic mass is 35.5. The van der Waals surface area contributed by atoms with Crippen LogP contribution in [-0.4, -0.2) is 38.5 Å². The van der Waals surface area contributed by atoms with Crippen LogP contribution < -0.4 is 4.90 Å². The van der Waals surface area contributed by atoms with E-state index in [4.69, 9.17) is 11.6 Å². The zero-order valence-electron chi connectivity index (χ0n) is 11.0. The number of nitrogens with zero attached hydrogens (tertiary/aromatic N) is 4. The predicted molar refractivity (Wildman–Crippen MR) is 77.2 cm³/mol. The van der Waals surface area contributed by atoms with Gasteiger partial charge in [0.2, 0.25) is 11.1 Å². The summed E-state index contributed by atoms with van der Waals surface area (Å²) in [5, 5.41) is 12.1. The van der Waals surface area contributed by atoms with Crippen LogP contribution in [0, 0.1) is 17.0 Å². The van der Waals surface area contributed by atoms with Crippen LogP contribution in [0.3, 0.4) is 0 Å². The van der Waals surface area contributed by atoms with Gasteiger partial charge in [0.25, 0.3) is 0 Å². The van der Waals surface area contributed by atoms with E-state index in [-0.39, 0.29) is 11.0 Å². The van der Waals surface area contributed by atoms with Crippen LogP contribution in [0.1, 0.15) is 19.5 Å². The first-order chi connectivity index (χ1) is 8.88. The van der Waals surface area contributed by atoms with E-state index < -0.39 is 4.92 Å². The summed E-state index contributed by atoms with van der Waals surface area (Å²) in [6.07, 6.45) is 0. The Morgan fingerprint density at radius 3 is 2.47 bits per heavy atom. The van der Waals surface area contributed by atoms with Gasteiger partial charge in [-0.2, -0.15) is 16.7 Å². The van der Waals surface area contributed by atoms with E-state index in [1.165, 1.54) is 0 Å². The Morgan fingerprint density at radius 1 is 1.37 bits per heavy atom. The second kappa shape index (κ2) is 5.50. The maximum absolute atomic E-state index is 11.2. The van der Waals surface area contributed by atoms with Crippen molar-refractivity contribution in [1.82, 2.24) is 9.97 Å². The van der Waals surface area contributed by atoms with Gasteiger partial charge in [0.15, 0.2) is 0 Å². The Kier molecular flexibility index (Phi) is 4.15. The summed E-state index contributed by atoms with van der Waals surface area (Å²) >= 11 is 7.72. The third-order valence-corrected chi connectivity index (χ3v) is 4.31. The molecule has 0 N–H and O–H groups in total. The number of nitro groups is 1. The van der Waals surface area contributed by atoms with Crippen molar-refractivity contribution in [3.8, 4) is 0 Å². The number of hydrogen-bond donors (Lipinski definition) is 0. The minimum absolute atomic E-state index is 0.0456. The average molecular weight is 303 g/mol. The van der Waals surface area contributed by atoms with E-state index >= 15 is 0 Å². The quantitative estimate of drug-likeness (QED) is 0.475. The average Bonchev–Trinajstić information content (AvgIpc) is 2.25. The minimum Gasteiger partial charge on any atom is -0.349 e. The zero-order valence-corrected chi connectivity index (χ0v) is 12.5. The van der Waals surface area contributed by atoms with E-state index in [9.17, 15) is 10.1 Å². The van der Waals surface area contributed by atoms with E-state index in [2.05, 4.69) is 23.8 Å². The van der Waals surface area contributed by atoms with E-state index in [1.807, 2.05) is 16.7 Å². The Bertz CT molecular complexity index is 504. The lowest BCUT2D eigenvalue weighted by Crippen LogP contribution is -2.41. The third-order valence-electron chi connectivity index (χ3n) is 2.91. The monoisotopic (exact) mass is 302 g/mol. The molecule has 2 unspecified atom stereocenters. The topological polar surface area (TPSA) is 72.2 Å². The molecule has 0 aromatic carbocycles. The van der Waals surface area contributed by atoms with E-state index in [1.54, 1.807) is 6.92 Å². The van der Waals surface area contributed by atoms with Crippen LogP contribution in [0.4, 0.5) is 11.5 Å². The second-order valence-electron chi connectivity index (χ2n) is 4.67. The lowest BCUT2D eigenvalue weighted by molar-refractivity contribution is -0.385. The van der Waals surface area contributed by atoms with Crippen LogP contribution >= 0.6 is 23.4 Å². The van der Waals surface area contributed by atoms with Crippen LogP contribution in [0.25, 0.3) is 0 Å². The molecule has 1 saturated heterocycles. The fourth-order valence-corrected chi connectivity index (χ4v) is 3.84. The first-order valence-electron chi connectivity index (χ1n) is 5.97. The Morgan fingerprint density at radius 2 is 1.95 bits per heavy atom. The van der Waals surface area contributed by atoms with Gasteiger partial charge in [0, 0.05) is 23.6 Å². The fraction of sp³-hybridized carbons (Fsp3) is 0.636. The smallest absolute Gasteiger partial charge is 0.332 e. The van der Waals surface area contributed by atoms with E-state index in [0.717, 1.165) is 13.1 Å². The number of hydrogen-bond acceptors (Lipinski definition) is 6. The summed E-state index contributed by atoms with van der Waals surface area (Å²) < 4.78 is 0. The third kappa shape index (κ3) is 3.09. The van der Waals surface area contributed by atoms with E-state index in [0.29, 0.717) is 22.0 Å². The molecule has 19 heavy (non-hydrogen) atoms. The summed E-state index contributed by atoms with van der Waals surface area (Å²) in [6.45, 7) is 7.25. The molecular formula is C11H15ClN4O2S. The molecule has 0 aliphatic carbocycles. The number of halogens is 1. The molecule has 2 rings (SSSR count). The van der Waals surface area contributed by atoms with Crippen LogP contribution in [0.2, 0.25) is 5.28 Å². The van der Waals surface area contributed by atoms with Crippen molar-refractivity contribution in [2.24, 2.45) is 0 Å². The van der Waals surface area contributed by atoms with Gasteiger partial charge in [-0.25, -0.2) is 4.98 Å². The van der Waals surface area contributed by atoms with Gasteiger partial charge in [-0.1, -0.05) is 13.8 Å². The highest BCUT2D eigenvalue weighted by Gasteiger charge is 2.31. The molecule has 2 heterocycles. The van der Waals surface area contributed by atoms with Gasteiger partial charge >= 0.3 is 5.69 Å². The first kappa shape index (κ1) is 14.3. The molecule has 1 fully saturated rings. The number of anilines is 1. The summed E-state index contributed by atoms with van der Waals surface area (Å²) in [7, 11) is 0. The Hall–Kier alpha value is -1.08. The van der Waals surface area contributed by atoms with Crippen molar-refractivity contribution >= 4 is 34.9 Å². The SMILES string of the molecule is Cc1nc(Cl)nc(N2CC(C)SC(C)C2)c1[N+](=O)[O-]. The summed E-state index contributed by atoms with van der Waals surface area (Å²) in [5.41, 5.74) is 0.259. The van der Waals surface area contributed by atoms with Gasteiger partial charge in [0.05, 0.1) is 4.92 Å². The van der Waals surface area contributed by atoms with Crippen molar-refractivity contribution in [1.29, 1.82) is 0 Å². The number of aromatic nitrogens is 2. The number of thioether (sulfide) groups is 1. The molecular weight excluding hydrogens is 288 g/mol. The molecule has 0 radical (unpaired) electrons. The van der Waals surface area contributed by atoms with Crippen molar-refractivity contribution in [2.45, 2.75) is 31.3 Å². The minimum atomic E-state index is -0.432. The molecule has 8 heteroatoms. The Balaban J connectivity index is 2.45. The molecule has 104 valence electrons. The van der Waals surface area contributed by atoms with Gasteiger partial charge in [-0.15, -0.1) is 0 Å². The molecule has 0 amide bonds. The molecule has 6 nitrogen and oxygen atoms in total. The standard InChI is InChI=1S/C11H15ClN4O2S/c1-6-4-15(5-7(2)19-6)10-9(16(17)18)8(3)13-11(12)14-10/h6-7H,4-5H2,1-3H3. The van der Waals surface area contributed by atoms with Crippen LogP contribution in [0.5, 0.6) is 0 Å². The van der Waals surface area contributed by atoms with Crippen LogP contribution in [0.15, 0.2) is 0 Å². The maximum Gasteiger partial charge on any atom is 0.332 e. The Labute approximate surface area is 120 Å². The first-order valence-corrected chi connectivity index (χ1v) is 7.29. The molecule has 0 saturated carbocycles. The molecule has 0 spiro atoms. The van der Waals surface area contributed by atoms with Crippen LogP contribution in [-0.2, 0) is 0 Å². The fourth-order valence-electron chi connectivity index (χ4n) is 2.30. The molecule has 1 aliphatic heterocycles. The van der Waals surface area contributed by atoms with Crippen molar-refractivity contribution in [2.75, 3.05) is 18.0 Å². The van der Waals surface area contributed by atoms with Crippen molar-refractivity contribution in [3.05, 3.63) is 21.1 Å². The largest absolute Gasteiger partial charge is 0.349 e. The lowest BCUT2D eigenvalue weighted by Gasteiger charge is -2.35.